The Hall–Kier alpha value is -0.730. The van der Waals surface area contributed by atoms with Crippen molar-refractivity contribution >= 4 is 26.8 Å². The summed E-state index contributed by atoms with van der Waals surface area (Å²) in [5.74, 6) is 0. The third kappa shape index (κ3) is 2.25. The molecule has 0 saturated carbocycles. The van der Waals surface area contributed by atoms with Crippen LogP contribution in [0, 0.1) is 0 Å². The Kier molecular flexibility index (Phi) is 1.83. The summed E-state index contributed by atoms with van der Waals surface area (Å²) in [5, 5.41) is 6.57. The van der Waals surface area contributed by atoms with Gasteiger partial charge in [-0.05, 0) is 0 Å². The van der Waals surface area contributed by atoms with Gasteiger partial charge in [0.1, 0.15) is 5.51 Å². The minimum absolute atomic E-state index is 0.0185. The van der Waals surface area contributed by atoms with Gasteiger partial charge < -0.3 is 4.55 Å². The number of nitrogens with zero attached hydrogens (tertiary/aromatic N) is 2. The van der Waals surface area contributed by atoms with Gasteiger partial charge in [0, 0.05) is 0 Å². The summed E-state index contributed by atoms with van der Waals surface area (Å²) in [6.45, 7) is 0. The van der Waals surface area contributed by atoms with E-state index in [0.717, 1.165) is 11.3 Å². The summed E-state index contributed by atoms with van der Waals surface area (Å²) in [6, 6.07) is 0. The van der Waals surface area contributed by atoms with Gasteiger partial charge in [-0.15, -0.1) is 10.2 Å². The van der Waals surface area contributed by atoms with Crippen molar-refractivity contribution in [1.29, 1.82) is 0 Å². The lowest BCUT2D eigenvalue weighted by Gasteiger charge is -2.04. The van der Waals surface area contributed by atoms with Crippen LogP contribution in [-0.4, -0.2) is 23.2 Å². The molecule has 0 amide bonds. The van der Waals surface area contributed by atoms with E-state index in [2.05, 4.69) is 10.2 Å². The highest BCUT2D eigenvalue weighted by Gasteiger charge is 1.97. The number of aromatic nitrogens is 2. The highest BCUT2D eigenvalue weighted by molar-refractivity contribution is 7.87. The standard InChI is InChI=1S/C2H3N3O3S2/c6-10(7,8)5-2-4-3-1-9-2/h1H,(H,4,5)(H,6,7,8)/p-1. The molecule has 8 heteroatoms. The minimum atomic E-state index is -4.44. The van der Waals surface area contributed by atoms with Crippen LogP contribution in [0.5, 0.6) is 0 Å². The first-order valence-corrected chi connectivity index (χ1v) is 4.36. The Bertz CT molecular complexity index is 290. The highest BCUT2D eigenvalue weighted by Crippen LogP contribution is 2.08. The number of anilines is 1. The second-order valence-corrected chi connectivity index (χ2v) is 3.25. The van der Waals surface area contributed by atoms with Gasteiger partial charge >= 0.3 is 0 Å². The van der Waals surface area contributed by atoms with Crippen LogP contribution in [0.2, 0.25) is 0 Å². The van der Waals surface area contributed by atoms with E-state index in [9.17, 15) is 13.0 Å². The summed E-state index contributed by atoms with van der Waals surface area (Å²) in [5.41, 5.74) is 1.31. The van der Waals surface area contributed by atoms with Crippen LogP contribution in [-0.2, 0) is 10.3 Å². The van der Waals surface area contributed by atoms with E-state index in [1.54, 1.807) is 4.72 Å². The van der Waals surface area contributed by atoms with E-state index in [-0.39, 0.29) is 5.13 Å². The lowest BCUT2D eigenvalue weighted by atomic mass is 11.3. The summed E-state index contributed by atoms with van der Waals surface area (Å²) in [7, 11) is -4.44. The average Bonchev–Trinajstić information content (AvgIpc) is 2.12. The van der Waals surface area contributed by atoms with Crippen molar-refractivity contribution in [2.75, 3.05) is 4.72 Å². The van der Waals surface area contributed by atoms with Gasteiger partial charge in [-0.2, -0.15) is 0 Å². The Labute approximate surface area is 60.8 Å². The Morgan fingerprint density at radius 2 is 2.40 bits per heavy atom. The molecule has 1 aromatic rings. The van der Waals surface area contributed by atoms with Crippen molar-refractivity contribution in [1.82, 2.24) is 10.2 Å². The SMILES string of the molecule is O=S(=O)([O-])Nc1nncs1. The summed E-state index contributed by atoms with van der Waals surface area (Å²) in [4.78, 5) is 0. The molecule has 0 aromatic carbocycles. The Morgan fingerprint density at radius 1 is 1.70 bits per heavy atom. The smallest absolute Gasteiger partial charge is 0.218 e. The molecule has 1 aromatic heterocycles. The largest absolute Gasteiger partial charge is 0.731 e. The van der Waals surface area contributed by atoms with Crippen LogP contribution >= 0.6 is 11.3 Å². The molecule has 0 aliphatic heterocycles. The van der Waals surface area contributed by atoms with Crippen molar-refractivity contribution in [3.8, 4) is 0 Å². The summed E-state index contributed by atoms with van der Waals surface area (Å²) in [6.07, 6.45) is 0. The average molecular weight is 180 g/mol. The third-order valence-electron chi connectivity index (χ3n) is 0.572. The first-order valence-electron chi connectivity index (χ1n) is 2.08. The maximum atomic E-state index is 9.97. The lowest BCUT2D eigenvalue weighted by molar-refractivity contribution is 0.469. The minimum Gasteiger partial charge on any atom is -0.731 e. The van der Waals surface area contributed by atoms with Crippen molar-refractivity contribution in [2.24, 2.45) is 0 Å². The molecule has 0 fully saturated rings. The van der Waals surface area contributed by atoms with Gasteiger partial charge in [-0.3, -0.25) is 4.72 Å². The van der Waals surface area contributed by atoms with Gasteiger partial charge in [0.2, 0.25) is 5.13 Å². The Balaban J connectivity index is 2.75. The van der Waals surface area contributed by atoms with Crippen LogP contribution in [0.25, 0.3) is 0 Å². The molecule has 0 bridgehead atoms. The van der Waals surface area contributed by atoms with Crippen LogP contribution in [0.1, 0.15) is 0 Å². The quantitative estimate of drug-likeness (QED) is 0.614. The molecule has 1 N–H and O–H groups in total. The normalized spacial score (nSPS) is 11.3. The van der Waals surface area contributed by atoms with E-state index in [1.807, 2.05) is 0 Å². The fraction of sp³-hybridized carbons (Fsp3) is 0. The topological polar surface area (TPSA) is 95.0 Å². The van der Waals surface area contributed by atoms with Crippen molar-refractivity contribution in [2.45, 2.75) is 0 Å². The molecule has 0 saturated heterocycles. The molecule has 0 unspecified atom stereocenters. The molecule has 1 heterocycles. The number of rotatable bonds is 2. The van der Waals surface area contributed by atoms with Crippen LogP contribution in [0.3, 0.4) is 0 Å². The molecule has 0 atom stereocenters. The van der Waals surface area contributed by atoms with Crippen LogP contribution in [0.15, 0.2) is 5.51 Å². The van der Waals surface area contributed by atoms with Gasteiger partial charge in [0.05, 0.1) is 0 Å². The zero-order valence-corrected chi connectivity index (χ0v) is 6.15. The van der Waals surface area contributed by atoms with Gasteiger partial charge in [-0.1, -0.05) is 11.3 Å². The molecular formula is C2H2N3O3S2-. The first kappa shape index (κ1) is 7.38. The summed E-state index contributed by atoms with van der Waals surface area (Å²) >= 11 is 0.937. The maximum absolute atomic E-state index is 9.97. The predicted molar refractivity (Wildman–Crippen MR) is 33.2 cm³/mol. The second-order valence-electron chi connectivity index (χ2n) is 1.30. The molecule has 56 valence electrons. The highest BCUT2D eigenvalue weighted by atomic mass is 32.2. The van der Waals surface area contributed by atoms with Gasteiger partial charge in [0.15, 0.2) is 10.3 Å². The molecule has 10 heavy (non-hydrogen) atoms. The first-order chi connectivity index (χ1) is 4.58. The van der Waals surface area contributed by atoms with Gasteiger partial charge in [0.25, 0.3) is 0 Å². The van der Waals surface area contributed by atoms with E-state index < -0.39 is 10.3 Å². The van der Waals surface area contributed by atoms with Crippen molar-refractivity contribution < 1.29 is 13.0 Å². The summed E-state index contributed by atoms with van der Waals surface area (Å²) < 4.78 is 31.5. The van der Waals surface area contributed by atoms with Crippen molar-refractivity contribution in [3.05, 3.63) is 5.51 Å². The molecular weight excluding hydrogens is 178 g/mol. The van der Waals surface area contributed by atoms with Crippen LogP contribution in [0.4, 0.5) is 5.13 Å². The Morgan fingerprint density at radius 3 is 2.80 bits per heavy atom. The molecule has 1 rings (SSSR count). The molecule has 0 aliphatic rings. The number of nitrogens with one attached hydrogen (secondary N) is 1. The zero-order chi connectivity index (χ0) is 7.61. The fourth-order valence-corrected chi connectivity index (χ4v) is 1.37. The molecule has 0 radical (unpaired) electrons. The monoisotopic (exact) mass is 180 g/mol. The second kappa shape index (κ2) is 2.48. The lowest BCUT2D eigenvalue weighted by Crippen LogP contribution is -2.10. The van der Waals surface area contributed by atoms with Gasteiger partial charge in [-0.25, -0.2) is 8.42 Å². The molecule has 0 aliphatic carbocycles. The fourth-order valence-electron chi connectivity index (χ4n) is 0.324. The molecule has 0 spiro atoms. The van der Waals surface area contributed by atoms with E-state index in [0.29, 0.717) is 0 Å². The predicted octanol–water partition coefficient (Wildman–Crippen LogP) is -0.590. The van der Waals surface area contributed by atoms with Crippen LogP contribution < -0.4 is 4.72 Å². The third-order valence-corrected chi connectivity index (χ3v) is 1.75. The number of hydrogen-bond donors (Lipinski definition) is 1. The molecule has 6 nitrogen and oxygen atoms in total. The zero-order valence-electron chi connectivity index (χ0n) is 4.51. The van der Waals surface area contributed by atoms with Crippen molar-refractivity contribution in [3.63, 3.8) is 0 Å². The maximum Gasteiger partial charge on any atom is 0.218 e. The number of hydrogen-bond acceptors (Lipinski definition) is 6. The van der Waals surface area contributed by atoms with E-state index >= 15 is 0 Å². The van der Waals surface area contributed by atoms with E-state index in [4.69, 9.17) is 0 Å². The van der Waals surface area contributed by atoms with E-state index in [1.165, 1.54) is 5.51 Å².